The molecule has 0 bridgehead atoms. The van der Waals surface area contributed by atoms with Gasteiger partial charge in [0.1, 0.15) is 0 Å². The molecule has 0 fully saturated rings. The Morgan fingerprint density at radius 1 is 0.424 bits per heavy atom. The minimum atomic E-state index is -1.46. The molecule has 170 valence electrons. The Bertz CT molecular complexity index is 1020. The van der Waals surface area contributed by atoms with Crippen molar-refractivity contribution >= 4 is 61.4 Å². The van der Waals surface area contributed by atoms with E-state index < -0.39 is 75.2 Å². The third kappa shape index (κ3) is 6.67. The number of non-ortho nitro benzene ring substituents is 2. The van der Waals surface area contributed by atoms with Gasteiger partial charge < -0.3 is 10.2 Å². The van der Waals surface area contributed by atoms with Crippen molar-refractivity contribution in [3.8, 4) is 11.5 Å². The molecular formula is C12H4N6O14Pb. The zero-order chi connectivity index (χ0) is 24.9. The number of nitrogens with zero attached hydrogens (tertiary/aromatic N) is 6. The first-order chi connectivity index (χ1) is 14.7. The van der Waals surface area contributed by atoms with Crippen molar-refractivity contribution in [1.29, 1.82) is 0 Å². The molecule has 2 rings (SSSR count). The van der Waals surface area contributed by atoms with Crippen molar-refractivity contribution in [3.63, 3.8) is 0 Å². The van der Waals surface area contributed by atoms with Crippen molar-refractivity contribution in [2.45, 2.75) is 0 Å². The zero-order valence-corrected chi connectivity index (χ0v) is 19.1. The van der Waals surface area contributed by atoms with Crippen LogP contribution in [0.3, 0.4) is 0 Å². The molecule has 0 saturated heterocycles. The van der Waals surface area contributed by atoms with Crippen molar-refractivity contribution in [2.75, 3.05) is 0 Å². The third-order valence-electron chi connectivity index (χ3n) is 3.28. The van der Waals surface area contributed by atoms with Crippen LogP contribution in [0.5, 0.6) is 11.5 Å². The van der Waals surface area contributed by atoms with Gasteiger partial charge in [-0.1, -0.05) is 0 Å². The average Bonchev–Trinajstić information content (AvgIpc) is 2.67. The molecule has 21 heteroatoms. The number of nitro groups is 6. The summed E-state index contributed by atoms with van der Waals surface area (Å²) in [5, 5.41) is 84.2. The number of benzene rings is 2. The van der Waals surface area contributed by atoms with E-state index >= 15 is 0 Å². The first-order valence-electron chi connectivity index (χ1n) is 7.25. The van der Waals surface area contributed by atoms with E-state index in [1.54, 1.807) is 0 Å². The molecule has 0 unspecified atom stereocenters. The first-order valence-corrected chi connectivity index (χ1v) is 7.25. The molecule has 0 aromatic heterocycles. The standard InChI is InChI=1S/2C6H3N3O7.Pb/c2*10-6-4(8(13)14)1-3(7(11)12)2-5(6)9(15)16;/h2*1-2,10H;/q;;+2/p-2. The maximum atomic E-state index is 11.1. The quantitative estimate of drug-likeness (QED) is 0.232. The molecule has 0 aliphatic carbocycles. The van der Waals surface area contributed by atoms with Gasteiger partial charge in [0.05, 0.1) is 65.3 Å². The van der Waals surface area contributed by atoms with Crippen LogP contribution in [0.2, 0.25) is 0 Å². The van der Waals surface area contributed by atoms with Crippen LogP contribution in [0.4, 0.5) is 34.1 Å². The maximum Gasteiger partial charge on any atom is 2.00 e. The van der Waals surface area contributed by atoms with Gasteiger partial charge in [0, 0.05) is 0 Å². The Morgan fingerprint density at radius 2 is 0.606 bits per heavy atom. The first kappa shape index (κ1) is 28.4. The number of rotatable bonds is 6. The normalized spacial score (nSPS) is 9.45. The summed E-state index contributed by atoms with van der Waals surface area (Å²) in [5.41, 5.74) is -6.53. The van der Waals surface area contributed by atoms with Crippen LogP contribution >= 0.6 is 0 Å². The molecule has 0 spiro atoms. The summed E-state index contributed by atoms with van der Waals surface area (Å²) in [6.45, 7) is 0. The molecule has 2 aromatic carbocycles. The van der Waals surface area contributed by atoms with Crippen molar-refractivity contribution in [1.82, 2.24) is 0 Å². The number of nitro benzene ring substituents is 6. The molecule has 0 aliphatic rings. The van der Waals surface area contributed by atoms with Crippen molar-refractivity contribution in [3.05, 3.63) is 85.0 Å². The van der Waals surface area contributed by atoms with Crippen LogP contribution in [0.25, 0.3) is 0 Å². The second-order valence-electron chi connectivity index (χ2n) is 5.17. The van der Waals surface area contributed by atoms with Crippen molar-refractivity contribution in [2.24, 2.45) is 0 Å². The molecule has 0 amide bonds. The Balaban J connectivity index is 0.000000602. The second-order valence-corrected chi connectivity index (χ2v) is 5.17. The molecule has 0 saturated carbocycles. The van der Waals surface area contributed by atoms with Gasteiger partial charge in [0.15, 0.2) is 0 Å². The van der Waals surface area contributed by atoms with Gasteiger partial charge in [0.25, 0.3) is 34.1 Å². The van der Waals surface area contributed by atoms with E-state index in [0.717, 1.165) is 0 Å². The summed E-state index contributed by atoms with van der Waals surface area (Å²) in [6.07, 6.45) is 0. The average molecular weight is 663 g/mol. The zero-order valence-electron chi connectivity index (χ0n) is 15.2. The smallest absolute Gasteiger partial charge is 0.863 e. The van der Waals surface area contributed by atoms with E-state index in [0.29, 0.717) is 24.3 Å². The Morgan fingerprint density at radius 3 is 0.727 bits per heavy atom. The Labute approximate surface area is 197 Å². The van der Waals surface area contributed by atoms with Crippen LogP contribution in [-0.2, 0) is 0 Å². The summed E-state index contributed by atoms with van der Waals surface area (Å²) in [7, 11) is 0. The van der Waals surface area contributed by atoms with E-state index in [2.05, 4.69) is 0 Å². The van der Waals surface area contributed by atoms with Gasteiger partial charge in [-0.25, -0.2) is 0 Å². The molecule has 2 radical (unpaired) electrons. The Kier molecular flexibility index (Phi) is 9.55. The topological polar surface area (TPSA) is 305 Å². The van der Waals surface area contributed by atoms with E-state index in [-0.39, 0.29) is 27.3 Å². The fourth-order valence-corrected chi connectivity index (χ4v) is 1.92. The predicted molar refractivity (Wildman–Crippen MR) is 97.5 cm³/mol. The van der Waals surface area contributed by atoms with Crippen LogP contribution in [0.15, 0.2) is 24.3 Å². The molecule has 0 aliphatic heterocycles. The molecule has 0 N–H and O–H groups in total. The molecule has 0 heterocycles. The summed E-state index contributed by atoms with van der Waals surface area (Å²) in [6, 6.07) is 1.54. The molecule has 20 nitrogen and oxygen atoms in total. The van der Waals surface area contributed by atoms with Crippen LogP contribution in [0.1, 0.15) is 0 Å². The monoisotopic (exact) mass is 664 g/mol. The number of hydrogen-bond donors (Lipinski definition) is 0. The van der Waals surface area contributed by atoms with Gasteiger partial charge in [0.2, 0.25) is 0 Å². The van der Waals surface area contributed by atoms with E-state index in [1.807, 2.05) is 0 Å². The molecular weight excluding hydrogens is 659 g/mol. The van der Waals surface area contributed by atoms with Crippen LogP contribution in [-0.4, -0.2) is 56.8 Å². The summed E-state index contributed by atoms with van der Waals surface area (Å²) in [5.74, 6) is -2.92. The maximum absolute atomic E-state index is 11.1. The van der Waals surface area contributed by atoms with Gasteiger partial charge in [-0.3, -0.25) is 60.7 Å². The van der Waals surface area contributed by atoms with E-state index in [9.17, 15) is 70.9 Å². The van der Waals surface area contributed by atoms with E-state index in [1.165, 1.54) is 0 Å². The fraction of sp³-hybridized carbons (Fsp3) is 0. The molecule has 2 aromatic rings. The Hall–Kier alpha value is -4.64. The largest absolute Gasteiger partial charge is 2.00 e. The van der Waals surface area contributed by atoms with Gasteiger partial charge in [-0.15, -0.1) is 0 Å². The SMILES string of the molecule is O=[N+]([O-])c1cc([N+](=O)[O-])c([O-])c([N+](=O)[O-])c1.O=[N+]([O-])c1cc([N+](=O)[O-])c([O-])c([N+](=O)[O-])c1.[Pb+2]. The molecule has 33 heavy (non-hydrogen) atoms. The predicted octanol–water partition coefficient (Wildman–Crippen LogP) is 0.589. The van der Waals surface area contributed by atoms with Crippen LogP contribution in [0, 0.1) is 60.7 Å². The summed E-state index contributed by atoms with van der Waals surface area (Å²) in [4.78, 5) is 55.0. The minimum Gasteiger partial charge on any atom is -0.863 e. The van der Waals surface area contributed by atoms with Crippen molar-refractivity contribution < 1.29 is 39.8 Å². The molecule has 0 atom stereocenters. The van der Waals surface area contributed by atoms with Gasteiger partial charge in [-0.05, 0) is 0 Å². The minimum absolute atomic E-state index is 0. The fourth-order valence-electron chi connectivity index (χ4n) is 1.92. The second kappa shape index (κ2) is 11.1. The van der Waals surface area contributed by atoms with Crippen LogP contribution < -0.4 is 10.2 Å². The summed E-state index contributed by atoms with van der Waals surface area (Å²) >= 11 is 0. The third-order valence-corrected chi connectivity index (χ3v) is 3.28. The van der Waals surface area contributed by atoms with E-state index in [4.69, 9.17) is 0 Å². The van der Waals surface area contributed by atoms with Gasteiger partial charge >= 0.3 is 27.3 Å². The number of hydrogen-bond acceptors (Lipinski definition) is 14. The summed E-state index contributed by atoms with van der Waals surface area (Å²) < 4.78 is 0. The van der Waals surface area contributed by atoms with Gasteiger partial charge in [-0.2, -0.15) is 0 Å².